The first kappa shape index (κ1) is 18.6. The summed E-state index contributed by atoms with van der Waals surface area (Å²) in [6, 6.07) is 9.75. The maximum Gasteiger partial charge on any atom is 0.259 e. The zero-order chi connectivity index (χ0) is 19.8. The van der Waals surface area contributed by atoms with Crippen LogP contribution in [0.2, 0.25) is 0 Å². The molecular weight excluding hydrogens is 392 g/mol. The fraction of sp³-hybridized carbons (Fsp3) is 0.200. The van der Waals surface area contributed by atoms with Crippen molar-refractivity contribution >= 4 is 45.2 Å². The van der Waals surface area contributed by atoms with Gasteiger partial charge in [0.1, 0.15) is 0 Å². The molecule has 0 aliphatic rings. The minimum absolute atomic E-state index is 0.256. The topological polar surface area (TPSA) is 80.9 Å². The first-order valence-electron chi connectivity index (χ1n) is 8.63. The highest BCUT2D eigenvalue weighted by atomic mass is 32.2. The molecule has 0 aliphatic carbocycles. The molecule has 3 aromatic heterocycles. The summed E-state index contributed by atoms with van der Waals surface area (Å²) >= 11 is 3.08. The first-order valence-corrected chi connectivity index (χ1v) is 10.7. The Balaban J connectivity index is 1.78. The van der Waals surface area contributed by atoms with E-state index >= 15 is 0 Å². The summed E-state index contributed by atoms with van der Waals surface area (Å²) < 4.78 is 6.44. The highest BCUT2D eigenvalue weighted by Gasteiger charge is 2.20. The van der Waals surface area contributed by atoms with Crippen LogP contribution in [0.3, 0.4) is 0 Å². The highest BCUT2D eigenvalue weighted by molar-refractivity contribution is 8.00. The lowest BCUT2D eigenvalue weighted by atomic mass is 10.0. The number of pyridine rings is 1. The number of fused-ring (bicyclic) bond motifs is 1. The summed E-state index contributed by atoms with van der Waals surface area (Å²) in [5.41, 5.74) is 5.08. The number of nitrogens with one attached hydrogen (secondary N) is 1. The number of hydrogen-bond donors (Lipinski definition) is 1. The lowest BCUT2D eigenvalue weighted by molar-refractivity contribution is 0.102. The van der Waals surface area contributed by atoms with Gasteiger partial charge in [0.15, 0.2) is 5.13 Å². The van der Waals surface area contributed by atoms with Gasteiger partial charge in [-0.05, 0) is 33.1 Å². The van der Waals surface area contributed by atoms with Crippen molar-refractivity contribution in [3.05, 3.63) is 52.8 Å². The van der Waals surface area contributed by atoms with Crippen molar-refractivity contribution in [2.24, 2.45) is 0 Å². The standard InChI is InChI=1S/C20H18N4O2S2/c1-10-5-7-13(8-6-10)15-9-14(16-11(2)24-26-18(16)22-15)17(25)23-20-21-12(3)19(27-4)28-20/h5-9H,1-4H3,(H,21,23,25). The Kier molecular flexibility index (Phi) is 4.91. The second kappa shape index (κ2) is 7.37. The zero-order valence-corrected chi connectivity index (χ0v) is 17.5. The number of amides is 1. The maximum absolute atomic E-state index is 13.1. The Bertz CT molecular complexity index is 1180. The summed E-state index contributed by atoms with van der Waals surface area (Å²) in [7, 11) is 0. The second-order valence-corrected chi connectivity index (χ2v) is 8.49. The van der Waals surface area contributed by atoms with Crippen molar-refractivity contribution in [3.63, 3.8) is 0 Å². The molecule has 0 aliphatic heterocycles. The van der Waals surface area contributed by atoms with E-state index < -0.39 is 0 Å². The van der Waals surface area contributed by atoms with Gasteiger partial charge in [-0.25, -0.2) is 9.97 Å². The third-order valence-corrected chi connectivity index (χ3v) is 6.65. The lowest BCUT2D eigenvalue weighted by Crippen LogP contribution is -2.13. The molecule has 0 atom stereocenters. The van der Waals surface area contributed by atoms with Crippen molar-refractivity contribution < 1.29 is 9.32 Å². The van der Waals surface area contributed by atoms with Crippen LogP contribution in [-0.2, 0) is 0 Å². The minimum atomic E-state index is -0.256. The normalized spacial score (nSPS) is 11.1. The molecule has 142 valence electrons. The number of thioether (sulfide) groups is 1. The number of hydrogen-bond acceptors (Lipinski definition) is 7. The number of nitrogens with zero attached hydrogens (tertiary/aromatic N) is 3. The number of benzene rings is 1. The van der Waals surface area contributed by atoms with E-state index in [1.165, 1.54) is 11.3 Å². The Morgan fingerprint density at radius 3 is 2.54 bits per heavy atom. The Hall–Kier alpha value is -2.71. The average Bonchev–Trinajstić information content (AvgIpc) is 3.23. The van der Waals surface area contributed by atoms with Crippen LogP contribution in [-0.4, -0.2) is 27.3 Å². The van der Waals surface area contributed by atoms with E-state index in [0.717, 1.165) is 21.0 Å². The van der Waals surface area contributed by atoms with Gasteiger partial charge >= 0.3 is 0 Å². The molecule has 1 N–H and O–H groups in total. The van der Waals surface area contributed by atoms with Gasteiger partial charge < -0.3 is 4.52 Å². The van der Waals surface area contributed by atoms with E-state index in [1.54, 1.807) is 24.8 Å². The number of aryl methyl sites for hydroxylation is 3. The van der Waals surface area contributed by atoms with Crippen LogP contribution in [0.1, 0.15) is 27.3 Å². The molecule has 0 spiro atoms. The largest absolute Gasteiger partial charge is 0.335 e. The molecule has 8 heteroatoms. The van der Waals surface area contributed by atoms with E-state index in [9.17, 15) is 4.79 Å². The molecule has 0 unspecified atom stereocenters. The summed E-state index contributed by atoms with van der Waals surface area (Å²) in [4.78, 5) is 22.1. The van der Waals surface area contributed by atoms with Gasteiger partial charge in [0, 0.05) is 5.56 Å². The van der Waals surface area contributed by atoms with Crippen LogP contribution in [0.5, 0.6) is 0 Å². The molecule has 1 amide bonds. The van der Waals surface area contributed by atoms with Crippen molar-refractivity contribution in [2.45, 2.75) is 25.0 Å². The Labute approximate surface area is 170 Å². The molecule has 0 radical (unpaired) electrons. The van der Waals surface area contributed by atoms with Gasteiger partial charge in [0.05, 0.1) is 32.2 Å². The summed E-state index contributed by atoms with van der Waals surface area (Å²) in [5, 5.41) is 8.09. The maximum atomic E-state index is 13.1. The van der Waals surface area contributed by atoms with Crippen molar-refractivity contribution in [3.8, 4) is 11.3 Å². The summed E-state index contributed by atoms with van der Waals surface area (Å²) in [5.74, 6) is -0.256. The number of anilines is 1. The van der Waals surface area contributed by atoms with Gasteiger partial charge in [-0.1, -0.05) is 46.3 Å². The number of carbonyl (C=O) groups excluding carboxylic acids is 1. The molecule has 3 heterocycles. The molecule has 4 rings (SSSR count). The number of aromatic nitrogens is 3. The Morgan fingerprint density at radius 2 is 1.86 bits per heavy atom. The average molecular weight is 411 g/mol. The SMILES string of the molecule is CSc1sc(NC(=O)c2cc(-c3ccc(C)cc3)nc3onc(C)c23)nc1C. The van der Waals surface area contributed by atoms with E-state index in [4.69, 9.17) is 4.52 Å². The third-order valence-electron chi connectivity index (χ3n) is 4.37. The van der Waals surface area contributed by atoms with E-state index in [-0.39, 0.29) is 5.91 Å². The third kappa shape index (κ3) is 3.41. The molecule has 1 aromatic carbocycles. The van der Waals surface area contributed by atoms with E-state index in [0.29, 0.717) is 33.2 Å². The second-order valence-electron chi connectivity index (χ2n) is 6.42. The number of rotatable bonds is 4. The molecular formula is C20H18N4O2S2. The molecule has 4 aromatic rings. The van der Waals surface area contributed by atoms with Gasteiger partial charge in [0.2, 0.25) is 0 Å². The zero-order valence-electron chi connectivity index (χ0n) is 15.9. The molecule has 0 bridgehead atoms. The fourth-order valence-electron chi connectivity index (χ4n) is 2.94. The molecule has 0 saturated carbocycles. The van der Waals surface area contributed by atoms with Crippen molar-refractivity contribution in [2.75, 3.05) is 11.6 Å². The van der Waals surface area contributed by atoms with Crippen LogP contribution in [0.25, 0.3) is 22.4 Å². The summed E-state index contributed by atoms with van der Waals surface area (Å²) in [6.07, 6.45) is 1.99. The van der Waals surface area contributed by atoms with Crippen LogP contribution in [0, 0.1) is 20.8 Å². The van der Waals surface area contributed by atoms with Gasteiger partial charge in [0.25, 0.3) is 11.6 Å². The van der Waals surface area contributed by atoms with E-state index in [1.807, 2.05) is 44.4 Å². The van der Waals surface area contributed by atoms with Crippen LogP contribution >= 0.6 is 23.1 Å². The Morgan fingerprint density at radius 1 is 1.11 bits per heavy atom. The first-order chi connectivity index (χ1) is 13.5. The molecule has 6 nitrogen and oxygen atoms in total. The van der Waals surface area contributed by atoms with E-state index in [2.05, 4.69) is 20.4 Å². The number of thiazole rings is 1. The van der Waals surface area contributed by atoms with Crippen molar-refractivity contribution in [1.82, 2.24) is 15.1 Å². The van der Waals surface area contributed by atoms with Gasteiger partial charge in [-0.3, -0.25) is 10.1 Å². The smallest absolute Gasteiger partial charge is 0.259 e. The highest BCUT2D eigenvalue weighted by Crippen LogP contribution is 2.32. The monoisotopic (exact) mass is 410 g/mol. The quantitative estimate of drug-likeness (QED) is 0.463. The van der Waals surface area contributed by atoms with Crippen LogP contribution in [0.4, 0.5) is 5.13 Å². The predicted molar refractivity (Wildman–Crippen MR) is 113 cm³/mol. The lowest BCUT2D eigenvalue weighted by Gasteiger charge is -2.07. The summed E-state index contributed by atoms with van der Waals surface area (Å²) in [6.45, 7) is 5.76. The number of carbonyl (C=O) groups is 1. The molecule has 0 fully saturated rings. The molecule has 0 saturated heterocycles. The predicted octanol–water partition coefficient (Wildman–Crippen LogP) is 5.25. The van der Waals surface area contributed by atoms with Crippen molar-refractivity contribution in [1.29, 1.82) is 0 Å². The van der Waals surface area contributed by atoms with Crippen LogP contribution in [0.15, 0.2) is 39.1 Å². The van der Waals surface area contributed by atoms with Crippen LogP contribution < -0.4 is 5.32 Å². The minimum Gasteiger partial charge on any atom is -0.335 e. The van der Waals surface area contributed by atoms with Gasteiger partial charge in [-0.15, -0.1) is 11.8 Å². The van der Waals surface area contributed by atoms with Gasteiger partial charge in [-0.2, -0.15) is 0 Å². The fourth-order valence-corrected chi connectivity index (χ4v) is 4.54. The molecule has 28 heavy (non-hydrogen) atoms.